The van der Waals surface area contributed by atoms with Gasteiger partial charge in [-0.15, -0.1) is 0 Å². The van der Waals surface area contributed by atoms with E-state index in [9.17, 15) is 5.11 Å². The van der Waals surface area contributed by atoms with E-state index in [1.807, 2.05) is 18.2 Å². The van der Waals surface area contributed by atoms with E-state index < -0.39 is 0 Å². The van der Waals surface area contributed by atoms with E-state index in [-0.39, 0.29) is 12.0 Å². The molecule has 0 amide bonds. The van der Waals surface area contributed by atoms with Crippen LogP contribution in [0.15, 0.2) is 24.3 Å². The smallest absolute Gasteiger partial charge is 0.0994 e. The number of hydrogen-bond donors (Lipinski definition) is 1. The van der Waals surface area contributed by atoms with Crippen LogP contribution < -0.4 is 0 Å². The number of benzene rings is 1. The van der Waals surface area contributed by atoms with Crippen LogP contribution in [0, 0.1) is 16.7 Å². The number of nitriles is 1. The van der Waals surface area contributed by atoms with Crippen LogP contribution in [0.1, 0.15) is 49.7 Å². The zero-order chi connectivity index (χ0) is 12.3. The Morgan fingerprint density at radius 1 is 1.35 bits per heavy atom. The molecule has 0 spiro atoms. The molecule has 90 valence electrons. The zero-order valence-electron chi connectivity index (χ0n) is 10.3. The molecule has 0 saturated heterocycles. The van der Waals surface area contributed by atoms with Crippen molar-refractivity contribution >= 4 is 0 Å². The Bertz CT molecular complexity index is 425. The van der Waals surface area contributed by atoms with Gasteiger partial charge in [-0.05, 0) is 48.6 Å². The number of rotatable bonds is 2. The summed E-state index contributed by atoms with van der Waals surface area (Å²) in [5, 5.41) is 18.5. The normalized spacial score (nSPS) is 28.6. The highest BCUT2D eigenvalue weighted by atomic mass is 16.3. The molecule has 0 atom stereocenters. The Morgan fingerprint density at radius 3 is 2.59 bits per heavy atom. The molecule has 1 aliphatic carbocycles. The predicted molar refractivity (Wildman–Crippen MR) is 67.6 cm³/mol. The summed E-state index contributed by atoms with van der Waals surface area (Å²) in [5.41, 5.74) is 2.10. The Kier molecular flexibility index (Phi) is 3.49. The maximum Gasteiger partial charge on any atom is 0.0994 e. The lowest BCUT2D eigenvalue weighted by Crippen LogP contribution is -2.27. The van der Waals surface area contributed by atoms with Crippen LogP contribution in [0.2, 0.25) is 0 Å². The fourth-order valence-corrected chi connectivity index (χ4v) is 2.74. The molecular weight excluding hydrogens is 210 g/mol. The van der Waals surface area contributed by atoms with Crippen molar-refractivity contribution in [2.24, 2.45) is 5.41 Å². The fourth-order valence-electron chi connectivity index (χ4n) is 2.74. The Balaban J connectivity index is 2.14. The highest BCUT2D eigenvalue weighted by molar-refractivity contribution is 5.39. The molecule has 1 fully saturated rings. The van der Waals surface area contributed by atoms with Crippen LogP contribution >= 0.6 is 0 Å². The molecule has 17 heavy (non-hydrogen) atoms. The van der Waals surface area contributed by atoms with Gasteiger partial charge in [-0.25, -0.2) is 0 Å². The minimum atomic E-state index is 0.0953. The summed E-state index contributed by atoms with van der Waals surface area (Å²) in [5.74, 6) is 0.491. The van der Waals surface area contributed by atoms with Crippen LogP contribution in [0.5, 0.6) is 0 Å². The minimum Gasteiger partial charge on any atom is -0.396 e. The molecule has 1 saturated carbocycles. The summed E-state index contributed by atoms with van der Waals surface area (Å²) < 4.78 is 0. The Labute approximate surface area is 103 Å². The van der Waals surface area contributed by atoms with Gasteiger partial charge in [-0.2, -0.15) is 5.26 Å². The van der Waals surface area contributed by atoms with Crippen molar-refractivity contribution in [3.8, 4) is 6.07 Å². The quantitative estimate of drug-likeness (QED) is 0.846. The van der Waals surface area contributed by atoms with Crippen LogP contribution in [-0.4, -0.2) is 11.7 Å². The molecule has 1 N–H and O–H groups in total. The monoisotopic (exact) mass is 229 g/mol. The van der Waals surface area contributed by atoms with Gasteiger partial charge in [0.15, 0.2) is 0 Å². The molecule has 1 aromatic rings. The SMILES string of the molecule is CC1(CO)CCC(c2ccccc2C#N)CC1. The van der Waals surface area contributed by atoms with Crippen molar-refractivity contribution in [3.05, 3.63) is 35.4 Å². The summed E-state index contributed by atoms with van der Waals surface area (Å²) in [6, 6.07) is 10.2. The molecular formula is C15H19NO. The van der Waals surface area contributed by atoms with Crippen LogP contribution in [-0.2, 0) is 0 Å². The first-order valence-corrected chi connectivity index (χ1v) is 6.28. The molecule has 2 nitrogen and oxygen atoms in total. The molecule has 0 bridgehead atoms. The van der Waals surface area contributed by atoms with Crippen molar-refractivity contribution in [3.63, 3.8) is 0 Å². The van der Waals surface area contributed by atoms with Gasteiger partial charge in [-0.3, -0.25) is 0 Å². The lowest BCUT2D eigenvalue weighted by atomic mass is 9.70. The van der Waals surface area contributed by atoms with Gasteiger partial charge in [0.1, 0.15) is 0 Å². The third kappa shape index (κ3) is 2.50. The largest absolute Gasteiger partial charge is 0.396 e. The highest BCUT2D eigenvalue weighted by Crippen LogP contribution is 2.43. The maximum absolute atomic E-state index is 9.36. The van der Waals surface area contributed by atoms with Gasteiger partial charge in [-0.1, -0.05) is 25.1 Å². The molecule has 0 aliphatic heterocycles. The second kappa shape index (κ2) is 4.89. The van der Waals surface area contributed by atoms with Crippen molar-refractivity contribution in [1.29, 1.82) is 5.26 Å². The van der Waals surface area contributed by atoms with Crippen molar-refractivity contribution in [2.45, 2.75) is 38.5 Å². The lowest BCUT2D eigenvalue weighted by molar-refractivity contribution is 0.0934. The number of nitrogens with zero attached hydrogens (tertiary/aromatic N) is 1. The predicted octanol–water partition coefficient (Wildman–Crippen LogP) is 3.21. The molecule has 1 aliphatic rings. The van der Waals surface area contributed by atoms with E-state index in [4.69, 9.17) is 5.26 Å². The van der Waals surface area contributed by atoms with Gasteiger partial charge in [0.2, 0.25) is 0 Å². The lowest BCUT2D eigenvalue weighted by Gasteiger charge is -2.36. The summed E-state index contributed by atoms with van der Waals surface area (Å²) in [6.07, 6.45) is 4.26. The van der Waals surface area contributed by atoms with E-state index in [1.165, 1.54) is 5.56 Å². The Hall–Kier alpha value is -1.33. The van der Waals surface area contributed by atoms with Crippen LogP contribution in [0.4, 0.5) is 0 Å². The number of aliphatic hydroxyl groups is 1. The van der Waals surface area contributed by atoms with Crippen LogP contribution in [0.3, 0.4) is 0 Å². The molecule has 0 aromatic heterocycles. The molecule has 2 rings (SSSR count). The van der Waals surface area contributed by atoms with Crippen molar-refractivity contribution in [2.75, 3.05) is 6.61 Å². The average Bonchev–Trinajstić information content (AvgIpc) is 2.40. The first kappa shape index (κ1) is 12.1. The van der Waals surface area contributed by atoms with E-state index >= 15 is 0 Å². The van der Waals surface area contributed by atoms with Gasteiger partial charge in [0.05, 0.1) is 11.6 Å². The summed E-state index contributed by atoms with van der Waals surface area (Å²) in [4.78, 5) is 0. The molecule has 0 heterocycles. The van der Waals surface area contributed by atoms with Gasteiger partial charge in [0.25, 0.3) is 0 Å². The third-order valence-electron chi connectivity index (χ3n) is 4.10. The zero-order valence-corrected chi connectivity index (χ0v) is 10.3. The topological polar surface area (TPSA) is 44.0 Å². The summed E-state index contributed by atoms with van der Waals surface area (Å²) >= 11 is 0. The maximum atomic E-state index is 9.36. The summed E-state index contributed by atoms with van der Waals surface area (Å²) in [6.45, 7) is 2.43. The summed E-state index contributed by atoms with van der Waals surface area (Å²) in [7, 11) is 0. The first-order chi connectivity index (χ1) is 8.18. The minimum absolute atomic E-state index is 0.0953. The highest BCUT2D eigenvalue weighted by Gasteiger charge is 2.31. The Morgan fingerprint density at radius 2 is 2.00 bits per heavy atom. The first-order valence-electron chi connectivity index (χ1n) is 6.28. The van der Waals surface area contributed by atoms with Crippen molar-refractivity contribution in [1.82, 2.24) is 0 Å². The second-order valence-electron chi connectivity index (χ2n) is 5.44. The van der Waals surface area contributed by atoms with Crippen molar-refractivity contribution < 1.29 is 5.11 Å². The fraction of sp³-hybridized carbons (Fsp3) is 0.533. The van der Waals surface area contributed by atoms with Gasteiger partial charge >= 0.3 is 0 Å². The average molecular weight is 229 g/mol. The third-order valence-corrected chi connectivity index (χ3v) is 4.10. The molecule has 1 aromatic carbocycles. The standard InChI is InChI=1S/C15H19NO/c1-15(11-17)8-6-12(7-9-15)14-5-3-2-4-13(14)10-16/h2-5,12,17H,6-9,11H2,1H3. The van der Waals surface area contributed by atoms with E-state index in [1.54, 1.807) is 0 Å². The molecule has 0 unspecified atom stereocenters. The van der Waals surface area contributed by atoms with E-state index in [0.29, 0.717) is 5.92 Å². The number of hydrogen-bond acceptors (Lipinski definition) is 2. The molecule has 2 heteroatoms. The van der Waals surface area contributed by atoms with E-state index in [0.717, 1.165) is 31.2 Å². The van der Waals surface area contributed by atoms with E-state index in [2.05, 4.69) is 19.1 Å². The van der Waals surface area contributed by atoms with Gasteiger partial charge in [0, 0.05) is 6.61 Å². The second-order valence-corrected chi connectivity index (χ2v) is 5.44. The van der Waals surface area contributed by atoms with Gasteiger partial charge < -0.3 is 5.11 Å². The van der Waals surface area contributed by atoms with Crippen LogP contribution in [0.25, 0.3) is 0 Å². The molecule has 0 radical (unpaired) electrons. The number of aliphatic hydroxyl groups excluding tert-OH is 1.